The molecule has 1 aromatic heterocycles. The Balaban J connectivity index is 1.83. The van der Waals surface area contributed by atoms with Gasteiger partial charge in [0.2, 0.25) is 0 Å². The molecule has 0 saturated carbocycles. The molecule has 0 aliphatic rings. The van der Waals surface area contributed by atoms with E-state index in [2.05, 4.69) is 15.2 Å². The van der Waals surface area contributed by atoms with E-state index in [0.717, 1.165) is 5.56 Å². The van der Waals surface area contributed by atoms with E-state index in [4.69, 9.17) is 16.3 Å². The summed E-state index contributed by atoms with van der Waals surface area (Å²) in [6.45, 7) is 0.188. The Morgan fingerprint density at radius 1 is 1.13 bits per heavy atom. The van der Waals surface area contributed by atoms with Crippen LogP contribution >= 0.6 is 11.6 Å². The van der Waals surface area contributed by atoms with Crippen LogP contribution in [0.3, 0.4) is 0 Å². The lowest BCUT2D eigenvalue weighted by molar-refractivity contribution is 0.375. The maximum atomic E-state index is 13.1. The Hall–Kier alpha value is -2.73. The van der Waals surface area contributed by atoms with Crippen LogP contribution in [0.1, 0.15) is 5.56 Å². The first-order valence-electron chi connectivity index (χ1n) is 6.77. The summed E-state index contributed by atoms with van der Waals surface area (Å²) in [5.74, 6) is 0.343. The minimum atomic E-state index is -0.313. The average molecular weight is 331 g/mol. The highest BCUT2D eigenvalue weighted by Crippen LogP contribution is 2.16. The third kappa shape index (κ3) is 4.14. The van der Waals surface area contributed by atoms with E-state index >= 15 is 0 Å². The lowest BCUT2D eigenvalue weighted by Gasteiger charge is -2.09. The standard InChI is InChI=1S/C16H12ClFN4O/c17-13-3-7-15(8-4-13)23-9-16(21-22-11-19-10-20-22)12-1-5-14(18)6-2-12/h1-8,10-11H,9H2/b21-16-. The van der Waals surface area contributed by atoms with Crippen molar-refractivity contribution in [3.8, 4) is 5.75 Å². The zero-order valence-electron chi connectivity index (χ0n) is 11.9. The van der Waals surface area contributed by atoms with E-state index in [1.165, 1.54) is 29.6 Å². The van der Waals surface area contributed by atoms with E-state index in [9.17, 15) is 4.39 Å². The highest BCUT2D eigenvalue weighted by atomic mass is 35.5. The van der Waals surface area contributed by atoms with Crippen LogP contribution in [0, 0.1) is 5.82 Å². The van der Waals surface area contributed by atoms with Gasteiger partial charge < -0.3 is 4.74 Å². The van der Waals surface area contributed by atoms with E-state index < -0.39 is 0 Å². The summed E-state index contributed by atoms with van der Waals surface area (Å²) in [5.41, 5.74) is 1.32. The number of rotatable bonds is 5. The quantitative estimate of drug-likeness (QED) is 0.674. The number of halogens is 2. The van der Waals surface area contributed by atoms with Crippen LogP contribution in [0.2, 0.25) is 5.02 Å². The molecule has 1 heterocycles. The third-order valence-corrected chi connectivity index (χ3v) is 3.25. The highest BCUT2D eigenvalue weighted by Gasteiger charge is 2.07. The lowest BCUT2D eigenvalue weighted by Crippen LogP contribution is -2.15. The van der Waals surface area contributed by atoms with Crippen molar-refractivity contribution in [2.24, 2.45) is 5.10 Å². The molecule has 23 heavy (non-hydrogen) atoms. The van der Waals surface area contributed by atoms with Gasteiger partial charge in [-0.3, -0.25) is 0 Å². The number of aromatic nitrogens is 3. The number of ether oxygens (including phenoxy) is 1. The van der Waals surface area contributed by atoms with E-state index in [-0.39, 0.29) is 12.4 Å². The largest absolute Gasteiger partial charge is 0.487 e. The number of nitrogens with zero attached hydrogens (tertiary/aromatic N) is 4. The van der Waals surface area contributed by atoms with Crippen molar-refractivity contribution in [2.75, 3.05) is 6.61 Å². The molecule has 3 aromatic rings. The van der Waals surface area contributed by atoms with Crippen molar-refractivity contribution in [1.82, 2.24) is 14.9 Å². The van der Waals surface area contributed by atoms with Gasteiger partial charge in [0.1, 0.15) is 36.5 Å². The zero-order valence-corrected chi connectivity index (χ0v) is 12.7. The summed E-state index contributed by atoms with van der Waals surface area (Å²) in [6, 6.07) is 13.0. The first-order chi connectivity index (χ1) is 11.2. The van der Waals surface area contributed by atoms with Crippen LogP contribution in [0.25, 0.3) is 0 Å². The van der Waals surface area contributed by atoms with E-state index in [0.29, 0.717) is 16.5 Å². The van der Waals surface area contributed by atoms with Crippen molar-refractivity contribution in [2.45, 2.75) is 0 Å². The van der Waals surface area contributed by atoms with Crippen LogP contribution in [0.4, 0.5) is 4.39 Å². The second-order valence-electron chi connectivity index (χ2n) is 4.61. The second-order valence-corrected chi connectivity index (χ2v) is 5.05. The topological polar surface area (TPSA) is 52.3 Å². The molecule has 0 N–H and O–H groups in total. The van der Waals surface area contributed by atoms with Gasteiger partial charge in [0.25, 0.3) is 0 Å². The SMILES string of the molecule is Fc1ccc(/C(COc2ccc(Cl)cc2)=N\n2cncn2)cc1. The van der Waals surface area contributed by atoms with Gasteiger partial charge in [-0.15, -0.1) is 15.0 Å². The molecule has 0 spiro atoms. The number of hydrogen-bond donors (Lipinski definition) is 0. The fourth-order valence-corrected chi connectivity index (χ4v) is 2.00. The van der Waals surface area contributed by atoms with Gasteiger partial charge in [0.05, 0.1) is 0 Å². The number of hydrogen-bond acceptors (Lipinski definition) is 4. The molecule has 3 rings (SSSR count). The molecule has 0 amide bonds. The highest BCUT2D eigenvalue weighted by molar-refractivity contribution is 6.30. The molecule has 5 nitrogen and oxygen atoms in total. The van der Waals surface area contributed by atoms with Crippen molar-refractivity contribution in [3.63, 3.8) is 0 Å². The van der Waals surface area contributed by atoms with Crippen molar-refractivity contribution < 1.29 is 9.13 Å². The predicted molar refractivity (Wildman–Crippen MR) is 85.3 cm³/mol. The average Bonchev–Trinajstić information content (AvgIpc) is 3.07. The molecule has 0 atom stereocenters. The molecular formula is C16H12ClFN4O. The lowest BCUT2D eigenvalue weighted by atomic mass is 10.1. The summed E-state index contributed by atoms with van der Waals surface area (Å²) in [6.07, 6.45) is 2.84. The van der Waals surface area contributed by atoms with Gasteiger partial charge in [0, 0.05) is 10.6 Å². The Bertz CT molecular complexity index is 786. The number of benzene rings is 2. The summed E-state index contributed by atoms with van der Waals surface area (Å²) < 4.78 is 18.8. The molecule has 116 valence electrons. The van der Waals surface area contributed by atoms with Crippen LogP contribution < -0.4 is 4.74 Å². The van der Waals surface area contributed by atoms with Crippen molar-refractivity contribution in [1.29, 1.82) is 0 Å². The summed E-state index contributed by atoms with van der Waals surface area (Å²) in [4.78, 5) is 5.16. The van der Waals surface area contributed by atoms with Crippen molar-refractivity contribution >= 4 is 17.3 Å². The Kier molecular flexibility index (Phi) is 4.63. The summed E-state index contributed by atoms with van der Waals surface area (Å²) >= 11 is 5.85. The van der Waals surface area contributed by atoms with E-state index in [1.807, 2.05) is 0 Å². The van der Waals surface area contributed by atoms with Gasteiger partial charge in [0.15, 0.2) is 0 Å². The van der Waals surface area contributed by atoms with E-state index in [1.54, 1.807) is 36.4 Å². The molecule has 0 radical (unpaired) electrons. The Morgan fingerprint density at radius 2 is 1.87 bits per heavy atom. The van der Waals surface area contributed by atoms with Gasteiger partial charge in [-0.25, -0.2) is 9.37 Å². The molecule has 2 aromatic carbocycles. The van der Waals surface area contributed by atoms with Crippen molar-refractivity contribution in [3.05, 3.63) is 77.6 Å². The van der Waals surface area contributed by atoms with Gasteiger partial charge in [-0.05, 0) is 36.4 Å². The zero-order chi connectivity index (χ0) is 16.1. The predicted octanol–water partition coefficient (Wildman–Crippen LogP) is 3.40. The molecule has 0 aliphatic carbocycles. The molecule has 7 heteroatoms. The molecule has 0 fully saturated rings. The maximum Gasteiger partial charge on any atom is 0.139 e. The first kappa shape index (κ1) is 15.2. The first-order valence-corrected chi connectivity index (χ1v) is 7.15. The van der Waals surface area contributed by atoms with Crippen LogP contribution in [0.15, 0.2) is 66.3 Å². The van der Waals surface area contributed by atoms with Gasteiger partial charge in [-0.1, -0.05) is 23.7 Å². The summed E-state index contributed by atoms with van der Waals surface area (Å²) in [7, 11) is 0. The fourth-order valence-electron chi connectivity index (χ4n) is 1.87. The van der Waals surface area contributed by atoms with Gasteiger partial charge in [-0.2, -0.15) is 0 Å². The smallest absolute Gasteiger partial charge is 0.139 e. The molecule has 0 saturated heterocycles. The minimum absolute atomic E-state index is 0.188. The molecular weight excluding hydrogens is 319 g/mol. The third-order valence-electron chi connectivity index (χ3n) is 3.00. The Labute approximate surface area is 137 Å². The maximum absolute atomic E-state index is 13.1. The second kappa shape index (κ2) is 7.02. The van der Waals surface area contributed by atoms with Gasteiger partial charge >= 0.3 is 0 Å². The minimum Gasteiger partial charge on any atom is -0.487 e. The fraction of sp³-hybridized carbons (Fsp3) is 0.0625. The van der Waals surface area contributed by atoms with Crippen LogP contribution in [-0.2, 0) is 0 Å². The summed E-state index contributed by atoms with van der Waals surface area (Å²) in [5, 5.41) is 8.91. The van der Waals surface area contributed by atoms with Crippen LogP contribution in [-0.4, -0.2) is 27.2 Å². The normalized spacial score (nSPS) is 11.5. The van der Waals surface area contributed by atoms with Crippen LogP contribution in [0.5, 0.6) is 5.75 Å². The monoisotopic (exact) mass is 330 g/mol. The molecule has 0 unspecified atom stereocenters. The molecule has 0 aliphatic heterocycles. The molecule has 0 bridgehead atoms. The Morgan fingerprint density at radius 3 is 2.52 bits per heavy atom.